The van der Waals surface area contributed by atoms with Crippen molar-refractivity contribution in [3.63, 3.8) is 0 Å². The molecule has 1 heteroatoms. The van der Waals surface area contributed by atoms with E-state index in [-0.39, 0.29) is 0 Å². The number of nitrogens with zero attached hydrogens (tertiary/aromatic N) is 1. The van der Waals surface area contributed by atoms with Crippen molar-refractivity contribution < 1.29 is 0 Å². The predicted octanol–water partition coefficient (Wildman–Crippen LogP) is 11.2. The number of nitriles is 1. The van der Waals surface area contributed by atoms with E-state index in [4.69, 9.17) is 5.26 Å². The van der Waals surface area contributed by atoms with Gasteiger partial charge in [0.2, 0.25) is 0 Å². The average Bonchev–Trinajstić information content (AvgIpc) is 3.07. The molecular formula is C41H25N. The molecule has 1 nitrogen and oxygen atoms in total. The lowest BCUT2D eigenvalue weighted by atomic mass is 9.90. The summed E-state index contributed by atoms with van der Waals surface area (Å²) in [7, 11) is 0. The predicted molar refractivity (Wildman–Crippen MR) is 177 cm³/mol. The fourth-order valence-electron chi connectivity index (χ4n) is 6.33. The van der Waals surface area contributed by atoms with Crippen molar-refractivity contribution in [1.29, 1.82) is 5.26 Å². The summed E-state index contributed by atoms with van der Waals surface area (Å²) in [5.41, 5.74) is 7.78. The van der Waals surface area contributed by atoms with E-state index < -0.39 is 0 Å². The molecule has 0 heterocycles. The van der Waals surface area contributed by atoms with E-state index in [1.54, 1.807) is 0 Å². The lowest BCUT2D eigenvalue weighted by Gasteiger charge is -2.14. The number of fused-ring (bicyclic) bond motifs is 6. The van der Waals surface area contributed by atoms with E-state index in [1.165, 1.54) is 65.3 Å². The van der Waals surface area contributed by atoms with Gasteiger partial charge in [-0.1, -0.05) is 115 Å². The Morgan fingerprint density at radius 3 is 1.71 bits per heavy atom. The van der Waals surface area contributed by atoms with Crippen molar-refractivity contribution in [3.05, 3.63) is 157 Å². The van der Waals surface area contributed by atoms with Crippen LogP contribution in [-0.4, -0.2) is 0 Å². The van der Waals surface area contributed by atoms with Crippen molar-refractivity contribution in [2.75, 3.05) is 0 Å². The Kier molecular flexibility index (Phi) is 5.59. The summed E-state index contributed by atoms with van der Waals surface area (Å²) in [6.07, 6.45) is 0. The third-order valence-electron chi connectivity index (χ3n) is 8.44. The summed E-state index contributed by atoms with van der Waals surface area (Å²) < 4.78 is 0. The van der Waals surface area contributed by atoms with Crippen LogP contribution in [0.4, 0.5) is 0 Å². The number of benzene rings is 8. The average molecular weight is 532 g/mol. The van der Waals surface area contributed by atoms with Gasteiger partial charge in [-0.3, -0.25) is 0 Å². The summed E-state index contributed by atoms with van der Waals surface area (Å²) >= 11 is 0. The molecule has 0 aromatic heterocycles. The van der Waals surface area contributed by atoms with Crippen LogP contribution in [0, 0.1) is 11.3 Å². The molecule has 0 aliphatic heterocycles. The van der Waals surface area contributed by atoms with Gasteiger partial charge in [0.1, 0.15) is 0 Å². The van der Waals surface area contributed by atoms with E-state index in [0.29, 0.717) is 5.56 Å². The van der Waals surface area contributed by atoms with E-state index >= 15 is 0 Å². The number of rotatable bonds is 3. The maximum atomic E-state index is 9.13. The Bertz CT molecular complexity index is 2350. The van der Waals surface area contributed by atoms with Gasteiger partial charge in [-0.15, -0.1) is 0 Å². The lowest BCUT2D eigenvalue weighted by molar-refractivity contribution is 1.48. The van der Waals surface area contributed by atoms with Crippen LogP contribution in [0.15, 0.2) is 152 Å². The molecule has 0 fully saturated rings. The second-order valence-corrected chi connectivity index (χ2v) is 10.9. The standard InChI is InChI=1S/C41H25N/c42-26-27-12-14-28(15-13-27)30-7-5-8-31(22-30)32-17-18-34-24-35(20-19-33(34)23-32)40-25-36-21-16-29-6-1-2-9-37(29)41(36)39-11-4-3-10-38(39)40/h1-25H. The summed E-state index contributed by atoms with van der Waals surface area (Å²) in [4.78, 5) is 0. The molecule has 0 saturated carbocycles. The highest BCUT2D eigenvalue weighted by Crippen LogP contribution is 2.39. The SMILES string of the molecule is N#Cc1ccc(-c2cccc(-c3ccc4cc(-c5cc6ccc7ccccc7c6c6ccccc56)ccc4c3)c2)cc1. The van der Waals surface area contributed by atoms with Crippen molar-refractivity contribution in [3.8, 4) is 39.4 Å². The molecule has 0 spiro atoms. The Hall–Kier alpha value is -5.71. The van der Waals surface area contributed by atoms with Gasteiger partial charge < -0.3 is 0 Å². The molecular weight excluding hydrogens is 506 g/mol. The van der Waals surface area contributed by atoms with Gasteiger partial charge in [-0.25, -0.2) is 0 Å². The Morgan fingerprint density at radius 1 is 0.357 bits per heavy atom. The summed E-state index contributed by atoms with van der Waals surface area (Å²) in [5, 5.41) is 19.3. The zero-order valence-corrected chi connectivity index (χ0v) is 22.9. The lowest BCUT2D eigenvalue weighted by Crippen LogP contribution is -1.87. The van der Waals surface area contributed by atoms with Crippen LogP contribution in [0.5, 0.6) is 0 Å². The van der Waals surface area contributed by atoms with Crippen molar-refractivity contribution >= 4 is 43.1 Å². The topological polar surface area (TPSA) is 23.8 Å². The third-order valence-corrected chi connectivity index (χ3v) is 8.44. The number of hydrogen-bond acceptors (Lipinski definition) is 1. The summed E-state index contributed by atoms with van der Waals surface area (Å²) in [6, 6.07) is 56.4. The van der Waals surface area contributed by atoms with Crippen LogP contribution < -0.4 is 0 Å². The molecule has 0 unspecified atom stereocenters. The second kappa shape index (κ2) is 9.73. The normalized spacial score (nSPS) is 11.3. The largest absolute Gasteiger partial charge is 0.192 e. The molecule has 0 bridgehead atoms. The number of hydrogen-bond donors (Lipinski definition) is 0. The van der Waals surface area contributed by atoms with E-state index in [2.05, 4.69) is 133 Å². The summed E-state index contributed by atoms with van der Waals surface area (Å²) in [6.45, 7) is 0. The second-order valence-electron chi connectivity index (χ2n) is 10.9. The van der Waals surface area contributed by atoms with Gasteiger partial charge in [-0.05, 0) is 113 Å². The van der Waals surface area contributed by atoms with Gasteiger partial charge in [0.05, 0.1) is 11.6 Å². The van der Waals surface area contributed by atoms with Gasteiger partial charge in [0.15, 0.2) is 0 Å². The first kappa shape index (κ1) is 24.1. The molecule has 194 valence electrons. The smallest absolute Gasteiger partial charge is 0.0991 e. The minimum atomic E-state index is 0.675. The third kappa shape index (κ3) is 4.01. The van der Waals surface area contributed by atoms with Crippen LogP contribution in [0.25, 0.3) is 76.5 Å². The van der Waals surface area contributed by atoms with Crippen LogP contribution in [0.1, 0.15) is 5.56 Å². The first-order valence-electron chi connectivity index (χ1n) is 14.2. The molecule has 8 aromatic carbocycles. The first-order chi connectivity index (χ1) is 20.7. The highest BCUT2D eigenvalue weighted by molar-refractivity contribution is 6.23. The van der Waals surface area contributed by atoms with Crippen molar-refractivity contribution in [2.45, 2.75) is 0 Å². The quantitative estimate of drug-likeness (QED) is 0.208. The van der Waals surface area contributed by atoms with Crippen LogP contribution in [-0.2, 0) is 0 Å². The van der Waals surface area contributed by atoms with Gasteiger partial charge >= 0.3 is 0 Å². The van der Waals surface area contributed by atoms with Crippen LogP contribution in [0.3, 0.4) is 0 Å². The molecule has 8 aromatic rings. The molecule has 0 atom stereocenters. The van der Waals surface area contributed by atoms with Crippen molar-refractivity contribution in [1.82, 2.24) is 0 Å². The minimum Gasteiger partial charge on any atom is -0.192 e. The highest BCUT2D eigenvalue weighted by Gasteiger charge is 2.12. The first-order valence-corrected chi connectivity index (χ1v) is 14.2. The van der Waals surface area contributed by atoms with Crippen LogP contribution in [0.2, 0.25) is 0 Å². The molecule has 0 radical (unpaired) electrons. The molecule has 0 aliphatic rings. The Labute approximate surface area is 244 Å². The fraction of sp³-hybridized carbons (Fsp3) is 0. The zero-order valence-electron chi connectivity index (χ0n) is 22.9. The van der Waals surface area contributed by atoms with E-state index in [0.717, 1.165) is 11.1 Å². The Morgan fingerprint density at radius 2 is 0.929 bits per heavy atom. The maximum absolute atomic E-state index is 9.13. The monoisotopic (exact) mass is 531 g/mol. The van der Waals surface area contributed by atoms with E-state index in [1.807, 2.05) is 24.3 Å². The summed E-state index contributed by atoms with van der Waals surface area (Å²) in [5.74, 6) is 0. The Balaban J connectivity index is 1.22. The van der Waals surface area contributed by atoms with Crippen LogP contribution >= 0.6 is 0 Å². The van der Waals surface area contributed by atoms with Crippen molar-refractivity contribution in [2.24, 2.45) is 0 Å². The molecule has 0 amide bonds. The fourth-order valence-corrected chi connectivity index (χ4v) is 6.33. The zero-order chi connectivity index (χ0) is 28.0. The minimum absolute atomic E-state index is 0.675. The maximum Gasteiger partial charge on any atom is 0.0991 e. The molecule has 8 rings (SSSR count). The van der Waals surface area contributed by atoms with E-state index in [9.17, 15) is 0 Å². The molecule has 0 N–H and O–H groups in total. The molecule has 42 heavy (non-hydrogen) atoms. The van der Waals surface area contributed by atoms with Gasteiger partial charge in [0, 0.05) is 0 Å². The molecule has 0 aliphatic carbocycles. The van der Waals surface area contributed by atoms with Gasteiger partial charge in [-0.2, -0.15) is 5.26 Å². The molecule has 0 saturated heterocycles. The highest BCUT2D eigenvalue weighted by atomic mass is 14.2. The van der Waals surface area contributed by atoms with Gasteiger partial charge in [0.25, 0.3) is 0 Å².